The number of nitrogens with one attached hydrogen (secondary N) is 3. The quantitative estimate of drug-likeness (QED) is 0.585. The van der Waals surface area contributed by atoms with E-state index in [0.29, 0.717) is 5.56 Å². The Kier molecular flexibility index (Phi) is 4.41. The molecule has 1 aliphatic rings. The van der Waals surface area contributed by atoms with Crippen molar-refractivity contribution in [2.75, 3.05) is 10.6 Å². The van der Waals surface area contributed by atoms with E-state index in [9.17, 15) is 27.6 Å². The minimum absolute atomic E-state index is 0.172. The highest BCUT2D eigenvalue weighted by Gasteiger charge is 2.68. The number of aromatic nitrogens is 4. The number of carbonyl (C=O) groups excluding carboxylic acids is 1. The molecule has 1 aromatic carbocycles. The number of halogens is 3. The van der Waals surface area contributed by atoms with Crippen LogP contribution in [0.5, 0.6) is 0 Å². The summed E-state index contributed by atoms with van der Waals surface area (Å²) in [4.78, 5) is 46.7. The van der Waals surface area contributed by atoms with Gasteiger partial charge in [0.15, 0.2) is 0 Å². The fourth-order valence-corrected chi connectivity index (χ4v) is 3.27. The third-order valence-electron chi connectivity index (χ3n) is 4.62. The van der Waals surface area contributed by atoms with E-state index in [1.54, 1.807) is 30.3 Å². The van der Waals surface area contributed by atoms with Crippen molar-refractivity contribution in [3.8, 4) is 0 Å². The van der Waals surface area contributed by atoms with Crippen LogP contribution in [0.15, 0.2) is 58.4 Å². The van der Waals surface area contributed by atoms with Crippen LogP contribution in [-0.2, 0) is 16.9 Å². The molecule has 0 spiro atoms. The summed E-state index contributed by atoms with van der Waals surface area (Å²) in [5.74, 6) is -2.63. The minimum atomic E-state index is -5.26. The van der Waals surface area contributed by atoms with Gasteiger partial charge in [0.25, 0.3) is 17.0 Å². The van der Waals surface area contributed by atoms with Crippen LogP contribution in [0.1, 0.15) is 11.1 Å². The number of aromatic amines is 1. The van der Waals surface area contributed by atoms with Crippen LogP contribution >= 0.6 is 0 Å². The smallest absolute Gasteiger partial charge is 0.328 e. The molecule has 3 aromatic rings. The zero-order valence-electron chi connectivity index (χ0n) is 15.0. The molecule has 12 heteroatoms. The van der Waals surface area contributed by atoms with Crippen LogP contribution in [0.25, 0.3) is 0 Å². The molecule has 0 unspecified atom stereocenters. The molecule has 4 rings (SSSR count). The third-order valence-corrected chi connectivity index (χ3v) is 4.62. The molecule has 3 heterocycles. The lowest BCUT2D eigenvalue weighted by Crippen LogP contribution is -2.56. The number of carbonyl (C=O) groups is 1. The Hall–Kier alpha value is -3.96. The summed E-state index contributed by atoms with van der Waals surface area (Å²) in [6.45, 7) is -0.172. The highest BCUT2D eigenvalue weighted by Crippen LogP contribution is 2.46. The SMILES string of the molecule is O=C1Nc2c(c(=O)[nH]c(=O)n2Cc2ccccc2)[C@]1(Nc1ncccn1)C(F)(F)F. The number of nitrogens with zero attached hydrogens (tertiary/aromatic N) is 3. The van der Waals surface area contributed by atoms with Crippen molar-refractivity contribution in [1.29, 1.82) is 0 Å². The van der Waals surface area contributed by atoms with Gasteiger partial charge in [-0.3, -0.25) is 19.1 Å². The first-order chi connectivity index (χ1) is 14.2. The summed E-state index contributed by atoms with van der Waals surface area (Å²) >= 11 is 0. The van der Waals surface area contributed by atoms with Crippen molar-refractivity contribution in [2.24, 2.45) is 0 Å². The summed E-state index contributed by atoms with van der Waals surface area (Å²) in [5.41, 5.74) is -6.20. The van der Waals surface area contributed by atoms with Gasteiger partial charge in [-0.15, -0.1) is 0 Å². The molecular weight excluding hydrogens is 405 g/mol. The topological polar surface area (TPSA) is 122 Å². The van der Waals surface area contributed by atoms with E-state index in [2.05, 4.69) is 15.3 Å². The molecule has 1 amide bonds. The van der Waals surface area contributed by atoms with Crippen LogP contribution in [-0.4, -0.2) is 31.6 Å². The van der Waals surface area contributed by atoms with Gasteiger partial charge < -0.3 is 10.6 Å². The second-order valence-corrected chi connectivity index (χ2v) is 6.45. The molecular formula is C18H13F3N6O3. The number of benzene rings is 1. The molecule has 3 N–H and O–H groups in total. The number of H-pyrrole nitrogens is 1. The van der Waals surface area contributed by atoms with E-state index >= 15 is 0 Å². The predicted molar refractivity (Wildman–Crippen MR) is 98.9 cm³/mol. The Bertz CT molecular complexity index is 1220. The zero-order chi connectivity index (χ0) is 21.5. The van der Waals surface area contributed by atoms with Crippen LogP contribution in [0.3, 0.4) is 0 Å². The van der Waals surface area contributed by atoms with Gasteiger partial charge in [-0.25, -0.2) is 14.8 Å². The highest BCUT2D eigenvalue weighted by atomic mass is 19.4. The zero-order valence-corrected chi connectivity index (χ0v) is 15.0. The predicted octanol–water partition coefficient (Wildman–Crippen LogP) is 1.20. The number of hydrogen-bond acceptors (Lipinski definition) is 6. The van der Waals surface area contributed by atoms with Gasteiger partial charge >= 0.3 is 11.9 Å². The van der Waals surface area contributed by atoms with E-state index in [4.69, 9.17) is 0 Å². The molecule has 154 valence electrons. The molecule has 0 radical (unpaired) electrons. The lowest BCUT2D eigenvalue weighted by Gasteiger charge is -2.29. The number of amides is 1. The fraction of sp³-hybridized carbons (Fsp3) is 0.167. The van der Waals surface area contributed by atoms with Crippen molar-refractivity contribution in [2.45, 2.75) is 18.3 Å². The van der Waals surface area contributed by atoms with Crippen LogP contribution in [0.2, 0.25) is 0 Å². The summed E-state index contributed by atoms with van der Waals surface area (Å²) in [6, 6.07) is 9.75. The number of rotatable bonds is 4. The molecule has 1 atom stereocenters. The number of hydrogen-bond donors (Lipinski definition) is 3. The Morgan fingerprint density at radius 3 is 2.33 bits per heavy atom. The van der Waals surface area contributed by atoms with Gasteiger partial charge in [0.1, 0.15) is 11.4 Å². The molecule has 9 nitrogen and oxygen atoms in total. The van der Waals surface area contributed by atoms with E-state index in [-0.39, 0.29) is 6.54 Å². The monoisotopic (exact) mass is 418 g/mol. The molecule has 0 bridgehead atoms. The van der Waals surface area contributed by atoms with Gasteiger partial charge in [0.2, 0.25) is 5.95 Å². The molecule has 0 saturated heterocycles. The Labute approximate surface area is 165 Å². The van der Waals surface area contributed by atoms with Crippen LogP contribution < -0.4 is 21.9 Å². The second kappa shape index (κ2) is 6.83. The summed E-state index contributed by atoms with van der Waals surface area (Å²) in [7, 11) is 0. The van der Waals surface area contributed by atoms with E-state index in [0.717, 1.165) is 4.57 Å². The lowest BCUT2D eigenvalue weighted by molar-refractivity contribution is -0.184. The fourth-order valence-electron chi connectivity index (χ4n) is 3.27. The lowest BCUT2D eigenvalue weighted by atomic mass is 9.92. The summed E-state index contributed by atoms with van der Waals surface area (Å²) in [5, 5.41) is 4.01. The van der Waals surface area contributed by atoms with Gasteiger partial charge in [0.05, 0.1) is 6.54 Å². The maximum Gasteiger partial charge on any atom is 0.425 e. The molecule has 0 fully saturated rings. The Balaban J connectivity index is 1.95. The van der Waals surface area contributed by atoms with Crippen LogP contribution in [0.4, 0.5) is 24.9 Å². The van der Waals surface area contributed by atoms with E-state index in [1.165, 1.54) is 18.5 Å². The summed E-state index contributed by atoms with van der Waals surface area (Å²) < 4.78 is 43.6. The van der Waals surface area contributed by atoms with Gasteiger partial charge in [-0.1, -0.05) is 30.3 Å². The minimum Gasteiger partial charge on any atom is -0.328 e. The maximum absolute atomic E-state index is 14.3. The number of alkyl halides is 3. The van der Waals surface area contributed by atoms with Crippen molar-refractivity contribution in [3.63, 3.8) is 0 Å². The van der Waals surface area contributed by atoms with Gasteiger partial charge in [-0.2, -0.15) is 13.2 Å². The van der Waals surface area contributed by atoms with E-state index in [1.807, 2.05) is 10.3 Å². The molecule has 1 aliphatic heterocycles. The normalized spacial score (nSPS) is 18.0. The van der Waals surface area contributed by atoms with Crippen molar-refractivity contribution >= 4 is 17.7 Å². The van der Waals surface area contributed by atoms with Crippen molar-refractivity contribution in [3.05, 3.63) is 80.8 Å². The van der Waals surface area contributed by atoms with E-state index < -0.39 is 46.2 Å². The van der Waals surface area contributed by atoms with Crippen molar-refractivity contribution < 1.29 is 18.0 Å². The molecule has 0 aliphatic carbocycles. The average molecular weight is 418 g/mol. The van der Waals surface area contributed by atoms with Crippen molar-refractivity contribution in [1.82, 2.24) is 19.5 Å². The largest absolute Gasteiger partial charge is 0.425 e. The number of fused-ring (bicyclic) bond motifs is 1. The van der Waals surface area contributed by atoms with Gasteiger partial charge in [-0.05, 0) is 11.6 Å². The first-order valence-corrected chi connectivity index (χ1v) is 8.59. The standard InChI is InChI=1S/C18H13F3N6O3/c19-18(20,21)17(26-15-22-7-4-8-23-15)11-12(24-14(17)29)27(16(30)25-13(11)28)9-10-5-2-1-3-6-10/h1-8H,9H2,(H,24,29)(H,22,23,26)(H,25,28,30)/t17-/m1/s1. The Morgan fingerprint density at radius 2 is 1.70 bits per heavy atom. The number of anilines is 2. The Morgan fingerprint density at radius 1 is 1.03 bits per heavy atom. The maximum atomic E-state index is 14.3. The second-order valence-electron chi connectivity index (χ2n) is 6.45. The van der Waals surface area contributed by atoms with Crippen LogP contribution in [0, 0.1) is 0 Å². The third kappa shape index (κ3) is 2.93. The first-order valence-electron chi connectivity index (χ1n) is 8.59. The summed E-state index contributed by atoms with van der Waals surface area (Å²) in [6.07, 6.45) is -2.91. The average Bonchev–Trinajstić information content (AvgIpc) is 3.00. The van der Waals surface area contributed by atoms with Gasteiger partial charge in [0, 0.05) is 12.4 Å². The first kappa shape index (κ1) is 19.4. The molecule has 30 heavy (non-hydrogen) atoms. The molecule has 0 saturated carbocycles. The molecule has 2 aromatic heterocycles. The highest BCUT2D eigenvalue weighted by molar-refractivity contribution is 6.07.